The number of aliphatic carboxylic acids is 1. The van der Waals surface area contributed by atoms with Crippen LogP contribution in [0.1, 0.15) is 63.5 Å². The highest BCUT2D eigenvalue weighted by Crippen LogP contribution is 2.21. The van der Waals surface area contributed by atoms with Crippen LogP contribution in [0, 0.1) is 5.92 Å². The quantitative estimate of drug-likeness (QED) is 0.0828. The first-order valence-electron chi connectivity index (χ1n) is 18.3. The smallest absolute Gasteiger partial charge is 0.323 e. The van der Waals surface area contributed by atoms with Crippen LogP contribution in [0.5, 0.6) is 0 Å². The van der Waals surface area contributed by atoms with Gasteiger partial charge in [-0.05, 0) is 68.5 Å². The number of carbonyl (C=O) groups is 5. The second-order valence-electron chi connectivity index (χ2n) is 14.1. The molecule has 0 aromatic heterocycles. The van der Waals surface area contributed by atoms with Crippen molar-refractivity contribution in [2.75, 3.05) is 32.7 Å². The number of hydrogen-bond donors (Lipinski definition) is 8. The number of carboxylic acids is 1. The zero-order valence-corrected chi connectivity index (χ0v) is 30.5. The maximum Gasteiger partial charge on any atom is 0.323 e. The third kappa shape index (κ3) is 13.3. The lowest BCUT2D eigenvalue weighted by atomic mass is 9.88. The van der Waals surface area contributed by atoms with E-state index in [1.807, 2.05) is 74.5 Å². The number of amides is 4. The topological polar surface area (TPSA) is 235 Å². The Morgan fingerprint density at radius 3 is 1.75 bits per heavy atom. The molecule has 286 valence electrons. The highest BCUT2D eigenvalue weighted by molar-refractivity contribution is 5.95. The summed E-state index contributed by atoms with van der Waals surface area (Å²) in [5.74, 6) is -2.90. The Morgan fingerprint density at radius 2 is 1.23 bits per heavy atom. The summed E-state index contributed by atoms with van der Waals surface area (Å²) in [6, 6.07) is 15.2. The number of nitrogens with two attached hydrogens (primary N) is 3. The van der Waals surface area contributed by atoms with Gasteiger partial charge in [-0.15, -0.1) is 0 Å². The molecule has 0 aliphatic carbocycles. The van der Waals surface area contributed by atoms with Crippen molar-refractivity contribution in [3.05, 3.63) is 71.8 Å². The van der Waals surface area contributed by atoms with Crippen LogP contribution in [0.3, 0.4) is 0 Å². The van der Waals surface area contributed by atoms with E-state index >= 15 is 0 Å². The third-order valence-electron chi connectivity index (χ3n) is 9.34. The van der Waals surface area contributed by atoms with Crippen LogP contribution in [0.25, 0.3) is 0 Å². The van der Waals surface area contributed by atoms with Gasteiger partial charge in [0.05, 0.1) is 6.04 Å². The summed E-state index contributed by atoms with van der Waals surface area (Å²) in [6.45, 7) is 5.26. The van der Waals surface area contributed by atoms with Crippen molar-refractivity contribution in [1.29, 1.82) is 0 Å². The first-order valence-corrected chi connectivity index (χ1v) is 18.3. The molecule has 0 unspecified atom stereocenters. The minimum Gasteiger partial charge on any atom is -0.480 e. The molecule has 1 heterocycles. The lowest BCUT2D eigenvalue weighted by Crippen LogP contribution is -2.61. The predicted molar refractivity (Wildman–Crippen MR) is 200 cm³/mol. The molecule has 1 saturated heterocycles. The fourth-order valence-electron chi connectivity index (χ4n) is 6.25. The molecule has 0 saturated carbocycles. The monoisotopic (exact) mass is 722 g/mol. The van der Waals surface area contributed by atoms with Crippen LogP contribution in [0.15, 0.2) is 60.7 Å². The summed E-state index contributed by atoms with van der Waals surface area (Å²) in [6.07, 6.45) is 2.55. The van der Waals surface area contributed by atoms with Crippen LogP contribution in [0.2, 0.25) is 0 Å². The van der Waals surface area contributed by atoms with Gasteiger partial charge in [-0.3, -0.25) is 24.0 Å². The molecule has 1 fully saturated rings. The van der Waals surface area contributed by atoms with E-state index in [1.54, 1.807) is 0 Å². The van der Waals surface area contributed by atoms with Crippen LogP contribution in [0.4, 0.5) is 0 Å². The fourth-order valence-corrected chi connectivity index (χ4v) is 6.25. The van der Waals surface area contributed by atoms with E-state index in [0.717, 1.165) is 11.1 Å². The number of carbonyl (C=O) groups excluding carboxylic acids is 4. The van der Waals surface area contributed by atoms with Gasteiger partial charge < -0.3 is 48.5 Å². The highest BCUT2D eigenvalue weighted by Gasteiger charge is 2.40. The van der Waals surface area contributed by atoms with Gasteiger partial charge >= 0.3 is 5.97 Å². The van der Waals surface area contributed by atoms with E-state index in [9.17, 15) is 29.1 Å². The highest BCUT2D eigenvalue weighted by atomic mass is 16.4. The number of benzene rings is 2. The minimum absolute atomic E-state index is 0.00360. The van der Waals surface area contributed by atoms with E-state index in [1.165, 1.54) is 4.90 Å². The van der Waals surface area contributed by atoms with E-state index in [4.69, 9.17) is 17.2 Å². The SMILES string of the molecule is CC(C)C[C@@H](NC(=O)[C@@H](Cc1ccccc1)NC(=O)[C@@H](Cc1ccccc1)NCCN)C(=O)N[C@H](CCCCN)C(=O)N1CCC(N)(C(=O)O)CC1. The first-order chi connectivity index (χ1) is 24.9. The van der Waals surface area contributed by atoms with Crippen molar-refractivity contribution in [2.45, 2.75) is 94.9 Å². The number of likely N-dealkylation sites (tertiary alicyclic amines) is 1. The maximum atomic E-state index is 14.1. The number of carboxylic acid groups (broad SMARTS) is 1. The maximum absolute atomic E-state index is 14.1. The number of hydrogen-bond acceptors (Lipinski definition) is 9. The molecule has 4 amide bonds. The summed E-state index contributed by atoms with van der Waals surface area (Å²) in [7, 11) is 0. The van der Waals surface area contributed by atoms with Gasteiger partial charge in [-0.1, -0.05) is 74.5 Å². The summed E-state index contributed by atoms with van der Waals surface area (Å²) >= 11 is 0. The van der Waals surface area contributed by atoms with Gasteiger partial charge in [-0.25, -0.2) is 0 Å². The number of nitrogens with zero attached hydrogens (tertiary/aromatic N) is 1. The molecule has 2 aromatic rings. The molecule has 14 nitrogen and oxygen atoms in total. The van der Waals surface area contributed by atoms with Crippen molar-refractivity contribution in [3.63, 3.8) is 0 Å². The molecule has 52 heavy (non-hydrogen) atoms. The zero-order valence-electron chi connectivity index (χ0n) is 30.5. The first kappa shape index (κ1) is 42.0. The molecule has 0 bridgehead atoms. The molecular formula is C38H58N8O6. The molecule has 4 atom stereocenters. The van der Waals surface area contributed by atoms with Crippen molar-refractivity contribution in [2.24, 2.45) is 23.1 Å². The van der Waals surface area contributed by atoms with Crippen molar-refractivity contribution < 1.29 is 29.1 Å². The molecule has 0 spiro atoms. The number of piperidine rings is 1. The van der Waals surface area contributed by atoms with Gasteiger partial charge in [0.25, 0.3) is 0 Å². The van der Waals surface area contributed by atoms with E-state index in [-0.39, 0.29) is 56.5 Å². The van der Waals surface area contributed by atoms with Crippen LogP contribution in [-0.4, -0.2) is 102 Å². The second-order valence-corrected chi connectivity index (χ2v) is 14.1. The lowest BCUT2D eigenvalue weighted by molar-refractivity contribution is -0.148. The summed E-state index contributed by atoms with van der Waals surface area (Å²) in [4.78, 5) is 68.7. The van der Waals surface area contributed by atoms with Gasteiger partial charge in [0.1, 0.15) is 23.7 Å². The Kier molecular flexibility index (Phi) is 17.2. The second kappa shape index (κ2) is 21.2. The normalized spacial score (nSPS) is 16.3. The van der Waals surface area contributed by atoms with Gasteiger partial charge in [0.2, 0.25) is 23.6 Å². The Morgan fingerprint density at radius 1 is 0.731 bits per heavy atom. The Balaban J connectivity index is 1.81. The third-order valence-corrected chi connectivity index (χ3v) is 9.34. The average molecular weight is 723 g/mol. The van der Waals surface area contributed by atoms with Crippen LogP contribution in [-0.2, 0) is 36.8 Å². The van der Waals surface area contributed by atoms with E-state index in [0.29, 0.717) is 45.3 Å². The van der Waals surface area contributed by atoms with Gasteiger partial charge in [0.15, 0.2) is 0 Å². The lowest BCUT2D eigenvalue weighted by Gasteiger charge is -2.38. The minimum atomic E-state index is -1.41. The van der Waals surface area contributed by atoms with Crippen molar-refractivity contribution in [3.8, 4) is 0 Å². The van der Waals surface area contributed by atoms with Crippen LogP contribution < -0.4 is 38.5 Å². The molecule has 14 heteroatoms. The summed E-state index contributed by atoms with van der Waals surface area (Å²) < 4.78 is 0. The van der Waals surface area contributed by atoms with E-state index < -0.39 is 47.5 Å². The summed E-state index contributed by atoms with van der Waals surface area (Å²) in [5, 5.41) is 21.4. The Hall–Kier alpha value is -4.37. The molecule has 1 aliphatic heterocycles. The standard InChI is InChI=1S/C38H58N8O6/c1-26(2)23-31(34(48)43-29(15-9-10-18-39)36(50)46-21-16-38(41,17-22-46)37(51)52)44-35(49)32(25-28-13-7-4-8-14-28)45-33(47)30(42-20-19-40)24-27-11-5-3-6-12-27/h3-8,11-14,26,29-32,42H,9-10,15-25,39-41H2,1-2H3,(H,43,48)(H,44,49)(H,45,47)(H,51,52)/t29-,30-,31-,32-/m1/s1. The van der Waals surface area contributed by atoms with Crippen molar-refractivity contribution in [1.82, 2.24) is 26.2 Å². The van der Waals surface area contributed by atoms with Crippen molar-refractivity contribution >= 4 is 29.6 Å². The Bertz CT molecular complexity index is 1440. The Labute approximate surface area is 307 Å². The van der Waals surface area contributed by atoms with E-state index in [2.05, 4.69) is 21.3 Å². The summed E-state index contributed by atoms with van der Waals surface area (Å²) in [5.41, 5.74) is 17.8. The fraction of sp³-hybridized carbons (Fsp3) is 0.553. The molecule has 0 radical (unpaired) electrons. The molecule has 3 rings (SSSR count). The zero-order chi connectivity index (χ0) is 38.1. The van der Waals surface area contributed by atoms with Gasteiger partial charge in [0, 0.05) is 32.6 Å². The molecular weight excluding hydrogens is 664 g/mol. The number of unbranched alkanes of at least 4 members (excludes halogenated alkanes) is 1. The molecule has 2 aromatic carbocycles. The predicted octanol–water partition coefficient (Wildman–Crippen LogP) is 0.423. The van der Waals surface area contributed by atoms with Crippen LogP contribution >= 0.6 is 0 Å². The van der Waals surface area contributed by atoms with Gasteiger partial charge in [-0.2, -0.15) is 0 Å². The number of nitrogens with one attached hydrogen (secondary N) is 4. The number of rotatable bonds is 21. The molecule has 11 N–H and O–H groups in total. The average Bonchev–Trinajstić information content (AvgIpc) is 3.13. The molecule has 1 aliphatic rings. The largest absolute Gasteiger partial charge is 0.480 e.